The molecular weight excluding hydrogens is 200 g/mol. The summed E-state index contributed by atoms with van der Waals surface area (Å²) in [5.41, 5.74) is 2.64. The van der Waals surface area contributed by atoms with E-state index in [1.54, 1.807) is 0 Å². The fraction of sp³-hybridized carbons (Fsp3) is 0.0714. The van der Waals surface area contributed by atoms with Gasteiger partial charge >= 0.3 is 0 Å². The summed E-state index contributed by atoms with van der Waals surface area (Å²) in [6, 6.07) is 12.8. The lowest BCUT2D eigenvalue weighted by Gasteiger charge is -2.17. The molecule has 2 aromatic carbocycles. The van der Waals surface area contributed by atoms with Crippen LogP contribution in [0.1, 0.15) is 17.0 Å². The van der Waals surface area contributed by atoms with Gasteiger partial charge in [-0.25, -0.2) is 0 Å². The minimum absolute atomic E-state index is 0.290. The van der Waals surface area contributed by atoms with Crippen LogP contribution in [-0.4, -0.2) is 5.37 Å². The molecule has 3 rings (SSSR count). The Kier molecular flexibility index (Phi) is 1.93. The van der Waals surface area contributed by atoms with Crippen LogP contribution < -0.4 is 0 Å². The van der Waals surface area contributed by atoms with Gasteiger partial charge in [-0.1, -0.05) is 60.8 Å². The smallest absolute Gasteiger partial charge is 0.0312 e. The van der Waals surface area contributed by atoms with Crippen molar-refractivity contribution in [3.05, 3.63) is 53.6 Å². The maximum absolute atomic E-state index is 5.07. The van der Waals surface area contributed by atoms with Crippen LogP contribution in [0, 0.1) is 0 Å². The second kappa shape index (κ2) is 3.28. The van der Waals surface area contributed by atoms with E-state index in [9.17, 15) is 0 Å². The molecule has 1 aliphatic carbocycles. The van der Waals surface area contributed by atoms with Crippen molar-refractivity contribution < 1.29 is 0 Å². The quantitative estimate of drug-likeness (QED) is 0.642. The molecule has 0 N–H and O–H groups in total. The Bertz CT molecular complexity index is 561. The summed E-state index contributed by atoms with van der Waals surface area (Å²) in [5.74, 6) is 0.290. The maximum atomic E-state index is 5.07. The van der Waals surface area contributed by atoms with Gasteiger partial charge < -0.3 is 0 Å². The first-order valence-electron chi connectivity index (χ1n) is 5.05. The van der Waals surface area contributed by atoms with E-state index in [2.05, 4.69) is 48.6 Å². The van der Waals surface area contributed by atoms with Gasteiger partial charge in [-0.3, -0.25) is 0 Å². The average molecular weight is 210 g/mol. The fourth-order valence-electron chi connectivity index (χ4n) is 2.25. The molecule has 1 atom stereocenters. The third kappa shape index (κ3) is 1.24. The zero-order chi connectivity index (χ0) is 10.3. The second-order valence-electron chi connectivity index (χ2n) is 3.81. The maximum Gasteiger partial charge on any atom is 0.0312 e. The monoisotopic (exact) mass is 210 g/mol. The Morgan fingerprint density at radius 1 is 1.07 bits per heavy atom. The van der Waals surface area contributed by atoms with Crippen molar-refractivity contribution in [3.8, 4) is 0 Å². The van der Waals surface area contributed by atoms with Crippen molar-refractivity contribution in [2.24, 2.45) is 0 Å². The van der Waals surface area contributed by atoms with E-state index in [0.717, 1.165) is 0 Å². The van der Waals surface area contributed by atoms with E-state index in [1.165, 1.54) is 21.9 Å². The van der Waals surface area contributed by atoms with Crippen LogP contribution in [-0.2, 0) is 0 Å². The number of thiocarbonyl (C=S) groups is 1. The molecule has 0 spiro atoms. The minimum Gasteiger partial charge on any atom is -0.0925 e. The largest absolute Gasteiger partial charge is 0.0925 e. The van der Waals surface area contributed by atoms with E-state index in [-0.39, 0.29) is 0 Å². The third-order valence-electron chi connectivity index (χ3n) is 2.96. The SMILES string of the molecule is S=CC1C=Cc2cccc3cccc1c23. The molecule has 0 nitrogen and oxygen atoms in total. The van der Waals surface area contributed by atoms with Gasteiger partial charge in [0.25, 0.3) is 0 Å². The Morgan fingerprint density at radius 3 is 2.67 bits per heavy atom. The number of rotatable bonds is 1. The summed E-state index contributed by atoms with van der Waals surface area (Å²) >= 11 is 5.07. The van der Waals surface area contributed by atoms with E-state index >= 15 is 0 Å². The standard InChI is InChI=1S/C14H10S/c15-9-12-8-7-11-4-1-3-10-5-2-6-13(12)14(10)11/h1-9,12H. The molecule has 0 amide bonds. The Labute approximate surface area is 94.2 Å². The fourth-order valence-corrected chi connectivity index (χ4v) is 2.48. The molecule has 0 saturated carbocycles. The van der Waals surface area contributed by atoms with E-state index in [0.29, 0.717) is 5.92 Å². The number of hydrogen-bond donors (Lipinski definition) is 0. The van der Waals surface area contributed by atoms with Gasteiger partial charge in [-0.15, -0.1) is 0 Å². The van der Waals surface area contributed by atoms with Crippen LogP contribution in [0.5, 0.6) is 0 Å². The van der Waals surface area contributed by atoms with Crippen LogP contribution in [0.25, 0.3) is 16.8 Å². The molecule has 0 saturated heterocycles. The first-order valence-corrected chi connectivity index (χ1v) is 5.52. The highest BCUT2D eigenvalue weighted by molar-refractivity contribution is 7.79. The molecule has 2 aromatic rings. The molecule has 1 aliphatic rings. The highest BCUT2D eigenvalue weighted by atomic mass is 32.1. The first-order chi connectivity index (χ1) is 7.40. The molecular formula is C14H10S. The summed E-state index contributed by atoms with van der Waals surface area (Å²) in [7, 11) is 0. The minimum atomic E-state index is 0.290. The van der Waals surface area contributed by atoms with Crippen LogP contribution in [0.4, 0.5) is 0 Å². The third-order valence-corrected chi connectivity index (χ3v) is 3.25. The van der Waals surface area contributed by atoms with Crippen LogP contribution >= 0.6 is 12.2 Å². The lowest BCUT2D eigenvalue weighted by Crippen LogP contribution is -2.01. The lowest BCUT2D eigenvalue weighted by atomic mass is 9.87. The number of benzene rings is 2. The zero-order valence-electron chi connectivity index (χ0n) is 8.18. The summed E-state index contributed by atoms with van der Waals surface area (Å²) < 4.78 is 0. The van der Waals surface area contributed by atoms with Crippen molar-refractivity contribution in [1.29, 1.82) is 0 Å². The van der Waals surface area contributed by atoms with Gasteiger partial charge in [0.1, 0.15) is 0 Å². The normalized spacial score (nSPS) is 18.0. The predicted molar refractivity (Wildman–Crippen MR) is 69.4 cm³/mol. The predicted octanol–water partition coefficient (Wildman–Crippen LogP) is 3.95. The summed E-state index contributed by atoms with van der Waals surface area (Å²) in [5, 5.41) is 4.49. The van der Waals surface area contributed by atoms with Gasteiger partial charge in [-0.05, 0) is 27.3 Å². The Balaban J connectivity index is 2.46. The highest BCUT2D eigenvalue weighted by Crippen LogP contribution is 2.33. The van der Waals surface area contributed by atoms with E-state index < -0.39 is 0 Å². The van der Waals surface area contributed by atoms with Crippen molar-refractivity contribution >= 4 is 34.4 Å². The second-order valence-corrected chi connectivity index (χ2v) is 4.09. The van der Waals surface area contributed by atoms with Crippen LogP contribution in [0.3, 0.4) is 0 Å². The van der Waals surface area contributed by atoms with Gasteiger partial charge in [0.2, 0.25) is 0 Å². The Hall–Kier alpha value is -1.47. The molecule has 1 unspecified atom stereocenters. The molecule has 0 aromatic heterocycles. The summed E-state index contributed by atoms with van der Waals surface area (Å²) in [4.78, 5) is 0. The number of allylic oxidation sites excluding steroid dienone is 1. The van der Waals surface area contributed by atoms with Gasteiger partial charge in [0.15, 0.2) is 0 Å². The molecule has 0 heterocycles. The first kappa shape index (κ1) is 8.81. The Morgan fingerprint density at radius 2 is 1.87 bits per heavy atom. The van der Waals surface area contributed by atoms with E-state index in [1.807, 2.05) is 5.37 Å². The van der Waals surface area contributed by atoms with Gasteiger partial charge in [-0.2, -0.15) is 0 Å². The lowest BCUT2D eigenvalue weighted by molar-refractivity contribution is 1.21. The highest BCUT2D eigenvalue weighted by Gasteiger charge is 2.14. The molecule has 1 heteroatoms. The van der Waals surface area contributed by atoms with Crippen molar-refractivity contribution in [1.82, 2.24) is 0 Å². The zero-order valence-corrected chi connectivity index (χ0v) is 9.00. The molecule has 0 aliphatic heterocycles. The molecule has 15 heavy (non-hydrogen) atoms. The van der Waals surface area contributed by atoms with Crippen molar-refractivity contribution in [2.45, 2.75) is 5.92 Å². The van der Waals surface area contributed by atoms with Gasteiger partial charge in [0, 0.05) is 5.92 Å². The van der Waals surface area contributed by atoms with Crippen molar-refractivity contribution in [3.63, 3.8) is 0 Å². The molecule has 0 radical (unpaired) electrons. The number of hydrogen-bond acceptors (Lipinski definition) is 1. The van der Waals surface area contributed by atoms with E-state index in [4.69, 9.17) is 12.2 Å². The summed E-state index contributed by atoms with van der Waals surface area (Å²) in [6.07, 6.45) is 4.34. The van der Waals surface area contributed by atoms with Gasteiger partial charge in [0.05, 0.1) is 0 Å². The topological polar surface area (TPSA) is 0 Å². The van der Waals surface area contributed by atoms with Crippen molar-refractivity contribution in [2.75, 3.05) is 0 Å². The van der Waals surface area contributed by atoms with Crippen LogP contribution in [0.15, 0.2) is 42.5 Å². The molecule has 0 bridgehead atoms. The molecule has 72 valence electrons. The summed E-state index contributed by atoms with van der Waals surface area (Å²) in [6.45, 7) is 0. The average Bonchev–Trinajstić information content (AvgIpc) is 2.30. The van der Waals surface area contributed by atoms with Crippen LogP contribution in [0.2, 0.25) is 0 Å². The molecule has 0 fully saturated rings.